The van der Waals surface area contributed by atoms with Crippen LogP contribution in [0, 0.1) is 6.92 Å². The van der Waals surface area contributed by atoms with Crippen LogP contribution in [0.15, 0.2) is 23.7 Å². The lowest BCUT2D eigenvalue weighted by molar-refractivity contribution is -0.192. The number of carboxylic acids is 1. The molecule has 2 aliphatic heterocycles. The number of halogens is 3. The molecule has 32 heavy (non-hydrogen) atoms. The van der Waals surface area contributed by atoms with Gasteiger partial charge in [0, 0.05) is 31.7 Å². The average Bonchev–Trinajstić information content (AvgIpc) is 3.32. The Morgan fingerprint density at radius 1 is 1.41 bits per heavy atom. The molecule has 0 radical (unpaired) electrons. The summed E-state index contributed by atoms with van der Waals surface area (Å²) in [4.78, 5) is 27.7. The summed E-state index contributed by atoms with van der Waals surface area (Å²) >= 11 is 1.65. The van der Waals surface area contributed by atoms with Crippen LogP contribution in [0.25, 0.3) is 0 Å². The summed E-state index contributed by atoms with van der Waals surface area (Å²) in [5.74, 6) is -2.68. The number of aliphatic carboxylic acids is 1. The van der Waals surface area contributed by atoms with Gasteiger partial charge in [0.15, 0.2) is 0 Å². The van der Waals surface area contributed by atoms with Gasteiger partial charge in [0.05, 0.1) is 36.5 Å². The van der Waals surface area contributed by atoms with Crippen LogP contribution >= 0.6 is 11.3 Å². The van der Waals surface area contributed by atoms with E-state index in [4.69, 9.17) is 19.4 Å². The molecule has 0 bridgehead atoms. The molecule has 2 aliphatic rings. The van der Waals surface area contributed by atoms with Crippen LogP contribution in [0.1, 0.15) is 34.0 Å². The van der Waals surface area contributed by atoms with E-state index in [1.807, 2.05) is 47.1 Å². The molecule has 4 heterocycles. The maximum absolute atomic E-state index is 12.5. The first kappa shape index (κ1) is 24.2. The van der Waals surface area contributed by atoms with E-state index in [-0.39, 0.29) is 17.6 Å². The van der Waals surface area contributed by atoms with Gasteiger partial charge in [-0.2, -0.15) is 13.2 Å². The standard InChI is InChI=1S/C18H23N3O3S.C2HF3O2/c1-13-19-14(10-25-13)9-23-15-5-7-24-18(8-15)11-21(12-18)17(22)16-4-3-6-20(16)2;3-2(4,5)1(6)7/h3-4,6,10,15H,5,7-9,11-12H2,1-2H3;(H,6,7). The molecule has 12 heteroatoms. The van der Waals surface area contributed by atoms with E-state index in [1.54, 1.807) is 11.3 Å². The number of aromatic nitrogens is 2. The first-order valence-electron chi connectivity index (χ1n) is 9.86. The Kier molecular flexibility index (Phi) is 7.25. The van der Waals surface area contributed by atoms with E-state index in [0.717, 1.165) is 29.2 Å². The Bertz CT molecular complexity index is 952. The molecule has 1 atom stereocenters. The van der Waals surface area contributed by atoms with E-state index < -0.39 is 12.1 Å². The van der Waals surface area contributed by atoms with Crippen LogP contribution in [0.2, 0.25) is 0 Å². The molecule has 0 saturated carbocycles. The maximum Gasteiger partial charge on any atom is 0.490 e. The second-order valence-electron chi connectivity index (χ2n) is 7.78. The highest BCUT2D eigenvalue weighted by Crippen LogP contribution is 2.36. The minimum Gasteiger partial charge on any atom is -0.475 e. The van der Waals surface area contributed by atoms with Crippen molar-refractivity contribution in [3.8, 4) is 0 Å². The third kappa shape index (κ3) is 5.87. The number of thiazole rings is 1. The normalized spacial score (nSPS) is 19.8. The number of rotatable bonds is 4. The molecule has 1 amide bonds. The fraction of sp³-hybridized carbons (Fsp3) is 0.550. The van der Waals surface area contributed by atoms with Gasteiger partial charge in [-0.3, -0.25) is 4.79 Å². The van der Waals surface area contributed by atoms with Crippen LogP contribution in [-0.2, 0) is 27.9 Å². The Morgan fingerprint density at radius 2 is 2.09 bits per heavy atom. The summed E-state index contributed by atoms with van der Waals surface area (Å²) in [6, 6.07) is 3.75. The number of carboxylic acid groups (broad SMARTS) is 1. The predicted molar refractivity (Wildman–Crippen MR) is 108 cm³/mol. The lowest BCUT2D eigenvalue weighted by Gasteiger charge is -2.52. The van der Waals surface area contributed by atoms with E-state index in [1.165, 1.54) is 0 Å². The largest absolute Gasteiger partial charge is 0.490 e. The molecule has 2 aromatic heterocycles. The first-order chi connectivity index (χ1) is 15.0. The topological polar surface area (TPSA) is 93.9 Å². The molecule has 2 aromatic rings. The molecular formula is C20H24F3N3O5S. The Hall–Kier alpha value is -2.44. The highest BCUT2D eigenvalue weighted by molar-refractivity contribution is 7.09. The van der Waals surface area contributed by atoms with Crippen molar-refractivity contribution in [2.75, 3.05) is 19.7 Å². The predicted octanol–water partition coefficient (Wildman–Crippen LogP) is 3.01. The fourth-order valence-electron chi connectivity index (χ4n) is 3.66. The number of hydrogen-bond acceptors (Lipinski definition) is 6. The molecule has 0 aromatic carbocycles. The summed E-state index contributed by atoms with van der Waals surface area (Å²) in [6.45, 7) is 4.54. The quantitative estimate of drug-likeness (QED) is 0.731. The van der Waals surface area contributed by atoms with Crippen LogP contribution in [0.5, 0.6) is 0 Å². The highest BCUT2D eigenvalue weighted by atomic mass is 32.1. The van der Waals surface area contributed by atoms with E-state index in [2.05, 4.69) is 4.98 Å². The molecule has 1 unspecified atom stereocenters. The Labute approximate surface area is 186 Å². The molecule has 4 rings (SSSR count). The van der Waals surface area contributed by atoms with Crippen molar-refractivity contribution in [1.82, 2.24) is 14.5 Å². The molecule has 176 valence electrons. The molecule has 0 aliphatic carbocycles. The summed E-state index contributed by atoms with van der Waals surface area (Å²) in [7, 11) is 1.89. The fourth-order valence-corrected chi connectivity index (χ4v) is 4.26. The number of carbonyl (C=O) groups excluding carboxylic acids is 1. The highest BCUT2D eigenvalue weighted by Gasteiger charge is 2.50. The number of alkyl halides is 3. The zero-order valence-electron chi connectivity index (χ0n) is 17.6. The Balaban J connectivity index is 0.000000360. The van der Waals surface area contributed by atoms with Gasteiger partial charge in [0.1, 0.15) is 11.3 Å². The molecule has 1 spiro atoms. The minimum absolute atomic E-state index is 0.0720. The van der Waals surface area contributed by atoms with E-state index in [0.29, 0.717) is 26.3 Å². The van der Waals surface area contributed by atoms with Crippen molar-refractivity contribution in [1.29, 1.82) is 0 Å². The maximum atomic E-state index is 12.5. The second-order valence-corrected chi connectivity index (χ2v) is 8.85. The van der Waals surface area contributed by atoms with Gasteiger partial charge in [-0.05, 0) is 25.5 Å². The number of likely N-dealkylation sites (tertiary alicyclic amines) is 1. The second kappa shape index (κ2) is 9.59. The van der Waals surface area contributed by atoms with Gasteiger partial charge in [0.25, 0.3) is 5.91 Å². The molecule has 2 fully saturated rings. The van der Waals surface area contributed by atoms with Crippen molar-refractivity contribution >= 4 is 23.2 Å². The minimum atomic E-state index is -5.08. The zero-order chi connectivity index (χ0) is 23.5. The van der Waals surface area contributed by atoms with Gasteiger partial charge in [-0.1, -0.05) is 0 Å². The number of ether oxygens (including phenoxy) is 2. The molecule has 2 saturated heterocycles. The third-order valence-electron chi connectivity index (χ3n) is 5.23. The van der Waals surface area contributed by atoms with Crippen molar-refractivity contribution in [3.05, 3.63) is 40.1 Å². The lowest BCUT2D eigenvalue weighted by Crippen LogP contribution is -2.67. The number of hydrogen-bond donors (Lipinski definition) is 1. The van der Waals surface area contributed by atoms with Crippen LogP contribution in [-0.4, -0.2) is 69.0 Å². The van der Waals surface area contributed by atoms with Crippen LogP contribution in [0.3, 0.4) is 0 Å². The van der Waals surface area contributed by atoms with Crippen molar-refractivity contribution in [2.45, 2.75) is 44.3 Å². The van der Waals surface area contributed by atoms with Crippen molar-refractivity contribution in [2.24, 2.45) is 7.05 Å². The van der Waals surface area contributed by atoms with E-state index in [9.17, 15) is 18.0 Å². The third-order valence-corrected chi connectivity index (χ3v) is 6.05. The van der Waals surface area contributed by atoms with Crippen molar-refractivity contribution in [3.63, 3.8) is 0 Å². The summed E-state index contributed by atoms with van der Waals surface area (Å²) in [6.07, 6.45) is -1.28. The number of aryl methyl sites for hydroxylation is 2. The van der Waals surface area contributed by atoms with Crippen LogP contribution in [0.4, 0.5) is 13.2 Å². The summed E-state index contributed by atoms with van der Waals surface area (Å²) in [5, 5.41) is 10.2. The lowest BCUT2D eigenvalue weighted by atomic mass is 9.84. The molecular weight excluding hydrogens is 451 g/mol. The number of amides is 1. The van der Waals surface area contributed by atoms with Gasteiger partial charge in [-0.25, -0.2) is 9.78 Å². The van der Waals surface area contributed by atoms with Crippen molar-refractivity contribution < 1.29 is 37.3 Å². The van der Waals surface area contributed by atoms with Gasteiger partial charge >= 0.3 is 12.1 Å². The van der Waals surface area contributed by atoms with Gasteiger partial charge < -0.3 is 24.0 Å². The number of carbonyl (C=O) groups is 2. The zero-order valence-corrected chi connectivity index (χ0v) is 18.4. The molecule has 1 N–H and O–H groups in total. The Morgan fingerprint density at radius 3 is 2.62 bits per heavy atom. The van der Waals surface area contributed by atoms with Crippen LogP contribution < -0.4 is 0 Å². The smallest absolute Gasteiger partial charge is 0.475 e. The van der Waals surface area contributed by atoms with Gasteiger partial charge in [-0.15, -0.1) is 11.3 Å². The van der Waals surface area contributed by atoms with E-state index >= 15 is 0 Å². The average molecular weight is 475 g/mol. The SMILES string of the molecule is Cc1nc(COC2CCOC3(C2)CN(C(=O)c2cccn2C)C3)cs1.O=C(O)C(F)(F)F. The first-order valence-corrected chi connectivity index (χ1v) is 10.7. The summed E-state index contributed by atoms with van der Waals surface area (Å²) in [5.41, 5.74) is 1.48. The monoisotopic (exact) mass is 475 g/mol. The number of nitrogens with zero attached hydrogens (tertiary/aromatic N) is 3. The molecule has 8 nitrogen and oxygen atoms in total. The van der Waals surface area contributed by atoms with Gasteiger partial charge in [0.2, 0.25) is 0 Å². The summed E-state index contributed by atoms with van der Waals surface area (Å²) < 4.78 is 45.7.